The number of fused-ring (bicyclic) bond motifs is 4. The molecule has 4 heterocycles. The molecule has 0 radical (unpaired) electrons. The van der Waals surface area contributed by atoms with Crippen molar-refractivity contribution in [3.8, 4) is 0 Å². The van der Waals surface area contributed by atoms with E-state index in [9.17, 15) is 9.59 Å². The Morgan fingerprint density at radius 1 is 1.27 bits per heavy atom. The molecule has 0 saturated carbocycles. The standard InChI is InChI=1S/C19H18N4O2S/c24-18(22-16-10-21-15-3-1-2-8-23(15)16)11-4-5-14-13(9-11)12-6-7-20-19(25)17(12)26-14/h4-5,9-10H,1-3,6-8H2,(H,20,25)(H,22,24). The third-order valence-corrected chi connectivity index (χ3v) is 6.34. The average molecular weight is 366 g/mol. The lowest BCUT2D eigenvalue weighted by molar-refractivity contribution is 0.0950. The smallest absolute Gasteiger partial charge is 0.261 e. The van der Waals surface area contributed by atoms with Crippen LogP contribution >= 0.6 is 11.3 Å². The molecule has 2 N–H and O–H groups in total. The molecule has 2 amide bonds. The molecular formula is C19H18N4O2S. The van der Waals surface area contributed by atoms with Crippen LogP contribution < -0.4 is 10.6 Å². The van der Waals surface area contributed by atoms with E-state index in [0.717, 1.165) is 64.4 Å². The molecule has 0 bridgehead atoms. The molecule has 2 aliphatic heterocycles. The van der Waals surface area contributed by atoms with Crippen LogP contribution in [0.3, 0.4) is 0 Å². The van der Waals surface area contributed by atoms with Gasteiger partial charge in [-0.15, -0.1) is 11.3 Å². The molecule has 0 saturated heterocycles. The number of carbonyl (C=O) groups is 2. The predicted molar refractivity (Wildman–Crippen MR) is 101 cm³/mol. The number of hydrogen-bond donors (Lipinski definition) is 2. The normalized spacial score (nSPS) is 16.1. The third kappa shape index (κ3) is 2.42. The Morgan fingerprint density at radius 3 is 3.12 bits per heavy atom. The van der Waals surface area contributed by atoms with Crippen molar-refractivity contribution >= 4 is 39.1 Å². The lowest BCUT2D eigenvalue weighted by Gasteiger charge is -2.16. The van der Waals surface area contributed by atoms with Crippen molar-refractivity contribution < 1.29 is 9.59 Å². The van der Waals surface area contributed by atoms with Crippen LogP contribution in [0.4, 0.5) is 5.82 Å². The summed E-state index contributed by atoms with van der Waals surface area (Å²) in [7, 11) is 0. The zero-order valence-electron chi connectivity index (χ0n) is 14.2. The molecule has 5 rings (SSSR count). The summed E-state index contributed by atoms with van der Waals surface area (Å²) in [6, 6.07) is 5.67. The molecule has 3 aromatic rings. The summed E-state index contributed by atoms with van der Waals surface area (Å²) < 4.78 is 3.14. The van der Waals surface area contributed by atoms with E-state index in [1.807, 2.05) is 18.2 Å². The Morgan fingerprint density at radius 2 is 2.19 bits per heavy atom. The van der Waals surface area contributed by atoms with Gasteiger partial charge < -0.3 is 15.2 Å². The van der Waals surface area contributed by atoms with Crippen LogP contribution in [0.15, 0.2) is 24.4 Å². The van der Waals surface area contributed by atoms with Gasteiger partial charge in [0.1, 0.15) is 11.6 Å². The lowest BCUT2D eigenvalue weighted by atomic mass is 10.0. The molecule has 0 spiro atoms. The van der Waals surface area contributed by atoms with E-state index in [1.165, 1.54) is 11.3 Å². The molecule has 26 heavy (non-hydrogen) atoms. The average Bonchev–Trinajstić information content (AvgIpc) is 3.24. The summed E-state index contributed by atoms with van der Waals surface area (Å²) in [5.41, 5.74) is 1.67. The van der Waals surface area contributed by atoms with E-state index in [-0.39, 0.29) is 11.8 Å². The maximum absolute atomic E-state index is 12.8. The van der Waals surface area contributed by atoms with Gasteiger partial charge in [-0.3, -0.25) is 9.59 Å². The largest absolute Gasteiger partial charge is 0.351 e. The van der Waals surface area contributed by atoms with E-state index in [2.05, 4.69) is 20.2 Å². The van der Waals surface area contributed by atoms with Crippen molar-refractivity contribution in [2.24, 2.45) is 0 Å². The third-order valence-electron chi connectivity index (χ3n) is 5.13. The van der Waals surface area contributed by atoms with Gasteiger partial charge in [-0.2, -0.15) is 0 Å². The van der Waals surface area contributed by atoms with E-state index in [1.54, 1.807) is 6.20 Å². The van der Waals surface area contributed by atoms with Crippen molar-refractivity contribution in [3.05, 3.63) is 46.2 Å². The topological polar surface area (TPSA) is 76.0 Å². The lowest BCUT2D eigenvalue weighted by Crippen LogP contribution is -2.30. The van der Waals surface area contributed by atoms with Crippen LogP contribution in [0.25, 0.3) is 10.1 Å². The van der Waals surface area contributed by atoms with Crippen LogP contribution in [0.1, 0.15) is 44.3 Å². The summed E-state index contributed by atoms with van der Waals surface area (Å²) in [5.74, 6) is 1.65. The number of hydrogen-bond acceptors (Lipinski definition) is 4. The van der Waals surface area contributed by atoms with Crippen molar-refractivity contribution in [1.82, 2.24) is 14.9 Å². The fourth-order valence-electron chi connectivity index (χ4n) is 3.81. The Bertz CT molecular complexity index is 1050. The molecule has 0 unspecified atom stereocenters. The summed E-state index contributed by atoms with van der Waals surface area (Å²) in [6.07, 6.45) is 5.78. The Kier molecular flexibility index (Phi) is 3.56. The Hall–Kier alpha value is -2.67. The quantitative estimate of drug-likeness (QED) is 0.732. The van der Waals surface area contributed by atoms with E-state index in [0.29, 0.717) is 12.1 Å². The number of aryl methyl sites for hydroxylation is 1. The van der Waals surface area contributed by atoms with Crippen LogP contribution in [0.2, 0.25) is 0 Å². The Labute approximate surface area is 154 Å². The highest BCUT2D eigenvalue weighted by molar-refractivity contribution is 7.21. The van der Waals surface area contributed by atoms with E-state index < -0.39 is 0 Å². The molecule has 7 heteroatoms. The van der Waals surface area contributed by atoms with Gasteiger partial charge in [-0.1, -0.05) is 0 Å². The molecule has 0 aliphatic carbocycles. The maximum atomic E-state index is 12.8. The van der Waals surface area contributed by atoms with Gasteiger partial charge in [-0.25, -0.2) is 4.98 Å². The van der Waals surface area contributed by atoms with Crippen LogP contribution in [0.5, 0.6) is 0 Å². The van der Waals surface area contributed by atoms with E-state index in [4.69, 9.17) is 0 Å². The van der Waals surface area contributed by atoms with Crippen molar-refractivity contribution in [2.45, 2.75) is 32.2 Å². The molecule has 2 aliphatic rings. The summed E-state index contributed by atoms with van der Waals surface area (Å²) in [6.45, 7) is 1.55. The first-order valence-corrected chi connectivity index (χ1v) is 9.72. The molecule has 0 fully saturated rings. The number of amides is 2. The van der Waals surface area contributed by atoms with Crippen molar-refractivity contribution in [1.29, 1.82) is 0 Å². The number of benzene rings is 1. The summed E-state index contributed by atoms with van der Waals surface area (Å²) >= 11 is 1.49. The first kappa shape index (κ1) is 15.6. The number of imidazole rings is 1. The number of thiophene rings is 1. The monoisotopic (exact) mass is 366 g/mol. The second-order valence-corrected chi connectivity index (χ2v) is 7.80. The molecule has 6 nitrogen and oxygen atoms in total. The van der Waals surface area contributed by atoms with Crippen LogP contribution in [-0.4, -0.2) is 27.9 Å². The van der Waals surface area contributed by atoms with Crippen LogP contribution in [0, 0.1) is 0 Å². The van der Waals surface area contributed by atoms with Gasteiger partial charge in [-0.05, 0) is 48.4 Å². The SMILES string of the molecule is O=C(Nc1cnc2n1CCCC2)c1ccc2sc3c(c2c1)CCNC3=O. The minimum Gasteiger partial charge on any atom is -0.351 e. The van der Waals surface area contributed by atoms with Gasteiger partial charge in [0.15, 0.2) is 0 Å². The van der Waals surface area contributed by atoms with Gasteiger partial charge in [0.05, 0.1) is 11.1 Å². The molecule has 1 aromatic carbocycles. The minimum absolute atomic E-state index is 0.00987. The van der Waals surface area contributed by atoms with Gasteiger partial charge in [0.2, 0.25) is 0 Å². The first-order chi connectivity index (χ1) is 12.7. The number of carbonyl (C=O) groups excluding carboxylic acids is 2. The highest BCUT2D eigenvalue weighted by atomic mass is 32.1. The fourth-order valence-corrected chi connectivity index (χ4v) is 4.96. The van der Waals surface area contributed by atoms with Crippen LogP contribution in [-0.2, 0) is 19.4 Å². The summed E-state index contributed by atoms with van der Waals surface area (Å²) in [4.78, 5) is 30.0. The number of rotatable bonds is 2. The highest BCUT2D eigenvalue weighted by Gasteiger charge is 2.23. The molecular weight excluding hydrogens is 348 g/mol. The van der Waals surface area contributed by atoms with Gasteiger partial charge in [0.25, 0.3) is 11.8 Å². The van der Waals surface area contributed by atoms with E-state index >= 15 is 0 Å². The number of aromatic nitrogens is 2. The molecule has 132 valence electrons. The number of anilines is 1. The van der Waals surface area contributed by atoms with Crippen molar-refractivity contribution in [2.75, 3.05) is 11.9 Å². The zero-order chi connectivity index (χ0) is 17.7. The first-order valence-electron chi connectivity index (χ1n) is 8.90. The molecule has 2 aromatic heterocycles. The second-order valence-electron chi connectivity index (χ2n) is 6.75. The molecule has 0 atom stereocenters. The van der Waals surface area contributed by atoms with Crippen molar-refractivity contribution in [3.63, 3.8) is 0 Å². The Balaban J connectivity index is 1.48. The van der Waals surface area contributed by atoms with Gasteiger partial charge in [0, 0.05) is 29.8 Å². The minimum atomic E-state index is -0.139. The van der Waals surface area contributed by atoms with Gasteiger partial charge >= 0.3 is 0 Å². The highest BCUT2D eigenvalue weighted by Crippen LogP contribution is 2.34. The maximum Gasteiger partial charge on any atom is 0.261 e. The summed E-state index contributed by atoms with van der Waals surface area (Å²) in [5, 5.41) is 6.89. The predicted octanol–water partition coefficient (Wildman–Crippen LogP) is 2.97. The zero-order valence-corrected chi connectivity index (χ0v) is 15.0. The number of nitrogens with zero attached hydrogens (tertiary/aromatic N) is 2. The number of nitrogens with one attached hydrogen (secondary N) is 2. The fraction of sp³-hybridized carbons (Fsp3) is 0.316. The second kappa shape index (κ2) is 5.95.